The van der Waals surface area contributed by atoms with Crippen molar-refractivity contribution in [3.8, 4) is 0 Å². The van der Waals surface area contributed by atoms with Crippen LogP contribution >= 0.6 is 11.8 Å². The zero-order valence-corrected chi connectivity index (χ0v) is 13.8. The van der Waals surface area contributed by atoms with Crippen molar-refractivity contribution in [3.63, 3.8) is 0 Å². The molecule has 0 saturated heterocycles. The number of thioether (sulfide) groups is 1. The molecule has 0 bridgehead atoms. The Morgan fingerprint density at radius 3 is 2.78 bits per heavy atom. The van der Waals surface area contributed by atoms with Gasteiger partial charge in [-0.15, -0.1) is 10.2 Å². The van der Waals surface area contributed by atoms with Gasteiger partial charge in [-0.05, 0) is 37.0 Å². The number of carbonyl (C=O) groups excluding carboxylic acids is 1. The van der Waals surface area contributed by atoms with Crippen LogP contribution < -0.4 is 5.32 Å². The summed E-state index contributed by atoms with van der Waals surface area (Å²) >= 11 is 1.40. The molecule has 1 N–H and O–H groups in total. The van der Waals surface area contributed by atoms with Crippen molar-refractivity contribution in [2.45, 2.75) is 30.3 Å². The topological polar surface area (TPSA) is 59.8 Å². The van der Waals surface area contributed by atoms with Crippen LogP contribution in [0.4, 0.5) is 4.39 Å². The van der Waals surface area contributed by atoms with Gasteiger partial charge in [0.25, 0.3) is 0 Å². The molecule has 0 atom stereocenters. The number of nitrogens with zero attached hydrogens (tertiary/aromatic N) is 3. The van der Waals surface area contributed by atoms with E-state index in [0.717, 1.165) is 16.5 Å². The SMILES string of the molecule is Cn1c(SCC(=O)NCCc2ccc(F)cc2)nnc1C1CC1. The van der Waals surface area contributed by atoms with Crippen molar-refractivity contribution < 1.29 is 9.18 Å². The first-order chi connectivity index (χ1) is 11.1. The van der Waals surface area contributed by atoms with Crippen LogP contribution in [-0.2, 0) is 18.3 Å². The zero-order valence-electron chi connectivity index (χ0n) is 13.0. The molecule has 2 aromatic rings. The van der Waals surface area contributed by atoms with E-state index >= 15 is 0 Å². The van der Waals surface area contributed by atoms with E-state index in [4.69, 9.17) is 0 Å². The van der Waals surface area contributed by atoms with E-state index in [1.807, 2.05) is 11.6 Å². The number of benzene rings is 1. The fraction of sp³-hybridized carbons (Fsp3) is 0.438. The van der Waals surface area contributed by atoms with E-state index in [1.165, 1.54) is 36.7 Å². The van der Waals surface area contributed by atoms with E-state index in [2.05, 4.69) is 15.5 Å². The predicted molar refractivity (Wildman–Crippen MR) is 86.8 cm³/mol. The second kappa shape index (κ2) is 7.12. The maximum absolute atomic E-state index is 12.8. The van der Waals surface area contributed by atoms with Gasteiger partial charge in [-0.1, -0.05) is 23.9 Å². The van der Waals surface area contributed by atoms with Crippen LogP contribution in [-0.4, -0.2) is 33.0 Å². The lowest BCUT2D eigenvalue weighted by molar-refractivity contribution is -0.118. The van der Waals surface area contributed by atoms with Crippen molar-refractivity contribution in [2.75, 3.05) is 12.3 Å². The molecule has 1 fully saturated rings. The van der Waals surface area contributed by atoms with Crippen LogP contribution in [0.5, 0.6) is 0 Å². The molecule has 0 spiro atoms. The second-order valence-corrected chi connectivity index (χ2v) is 6.63. The van der Waals surface area contributed by atoms with Crippen LogP contribution in [0.2, 0.25) is 0 Å². The standard InChI is InChI=1S/C16H19FN4OS/c1-21-15(12-4-5-12)19-20-16(21)23-10-14(22)18-9-8-11-2-6-13(17)7-3-11/h2-3,6-7,12H,4-5,8-10H2,1H3,(H,18,22). The maximum Gasteiger partial charge on any atom is 0.230 e. The number of hydrogen-bond donors (Lipinski definition) is 1. The molecule has 1 aromatic heterocycles. The van der Waals surface area contributed by atoms with Gasteiger partial charge in [0.15, 0.2) is 5.16 Å². The number of nitrogens with one attached hydrogen (secondary N) is 1. The van der Waals surface area contributed by atoms with E-state index < -0.39 is 0 Å². The Balaban J connectivity index is 1.40. The van der Waals surface area contributed by atoms with Crippen LogP contribution in [0.25, 0.3) is 0 Å². The summed E-state index contributed by atoms with van der Waals surface area (Å²) in [5.41, 5.74) is 1.00. The molecule has 7 heteroatoms. The molecule has 3 rings (SSSR count). The Labute approximate surface area is 138 Å². The summed E-state index contributed by atoms with van der Waals surface area (Å²) in [5.74, 6) is 1.60. The molecule has 0 aliphatic heterocycles. The van der Waals surface area contributed by atoms with E-state index in [0.29, 0.717) is 24.6 Å². The summed E-state index contributed by atoms with van der Waals surface area (Å²) < 4.78 is 14.8. The minimum Gasteiger partial charge on any atom is -0.355 e. The highest BCUT2D eigenvalue weighted by Crippen LogP contribution is 2.39. The third-order valence-electron chi connectivity index (χ3n) is 3.79. The Morgan fingerprint density at radius 2 is 2.09 bits per heavy atom. The van der Waals surface area contributed by atoms with Crippen LogP contribution in [0.3, 0.4) is 0 Å². The minimum atomic E-state index is -0.247. The highest BCUT2D eigenvalue weighted by Gasteiger charge is 2.29. The minimum absolute atomic E-state index is 0.0342. The fourth-order valence-electron chi connectivity index (χ4n) is 2.33. The number of halogens is 1. The van der Waals surface area contributed by atoms with Crippen LogP contribution in [0.1, 0.15) is 30.1 Å². The van der Waals surface area contributed by atoms with Crippen molar-refractivity contribution in [2.24, 2.45) is 7.05 Å². The summed E-state index contributed by atoms with van der Waals surface area (Å²) in [6, 6.07) is 6.32. The van der Waals surface area contributed by atoms with Gasteiger partial charge in [0.05, 0.1) is 5.75 Å². The molecule has 1 aliphatic carbocycles. The number of hydrogen-bond acceptors (Lipinski definition) is 4. The summed E-state index contributed by atoms with van der Waals surface area (Å²) in [6.07, 6.45) is 3.05. The van der Waals surface area contributed by atoms with Gasteiger partial charge in [-0.2, -0.15) is 0 Å². The number of aromatic nitrogens is 3. The van der Waals surface area contributed by atoms with Crippen molar-refractivity contribution in [3.05, 3.63) is 41.5 Å². The summed E-state index contributed by atoms with van der Waals surface area (Å²) in [6.45, 7) is 0.539. The lowest BCUT2D eigenvalue weighted by Gasteiger charge is -2.06. The monoisotopic (exact) mass is 334 g/mol. The third-order valence-corrected chi connectivity index (χ3v) is 4.81. The normalized spacial score (nSPS) is 14.0. The summed E-state index contributed by atoms with van der Waals surface area (Å²) in [4.78, 5) is 11.9. The van der Waals surface area contributed by atoms with Crippen molar-refractivity contribution in [1.29, 1.82) is 0 Å². The lowest BCUT2D eigenvalue weighted by atomic mass is 10.1. The van der Waals surface area contributed by atoms with E-state index in [1.54, 1.807) is 12.1 Å². The molecular weight excluding hydrogens is 315 g/mol. The fourth-order valence-corrected chi connectivity index (χ4v) is 3.08. The number of amides is 1. The van der Waals surface area contributed by atoms with Gasteiger partial charge in [0.2, 0.25) is 5.91 Å². The molecule has 5 nitrogen and oxygen atoms in total. The second-order valence-electron chi connectivity index (χ2n) is 5.69. The summed E-state index contributed by atoms with van der Waals surface area (Å²) in [7, 11) is 1.95. The van der Waals surface area contributed by atoms with Crippen molar-refractivity contribution in [1.82, 2.24) is 20.1 Å². The molecule has 1 heterocycles. The molecule has 1 aliphatic rings. The molecule has 0 radical (unpaired) electrons. The van der Waals surface area contributed by atoms with Crippen LogP contribution in [0, 0.1) is 5.82 Å². The smallest absolute Gasteiger partial charge is 0.230 e. The highest BCUT2D eigenvalue weighted by atomic mass is 32.2. The van der Waals surface area contributed by atoms with E-state index in [-0.39, 0.29) is 11.7 Å². The molecule has 1 aromatic carbocycles. The first kappa shape index (κ1) is 16.0. The molecule has 1 amide bonds. The third kappa shape index (κ3) is 4.31. The Hall–Kier alpha value is -1.89. The molecule has 1 saturated carbocycles. The molecule has 23 heavy (non-hydrogen) atoms. The predicted octanol–water partition coefficient (Wildman–Crippen LogP) is 2.28. The van der Waals surface area contributed by atoms with Gasteiger partial charge in [0, 0.05) is 19.5 Å². The van der Waals surface area contributed by atoms with Gasteiger partial charge in [0.1, 0.15) is 11.6 Å². The zero-order chi connectivity index (χ0) is 16.2. The lowest BCUT2D eigenvalue weighted by Crippen LogP contribution is -2.27. The van der Waals surface area contributed by atoms with Gasteiger partial charge >= 0.3 is 0 Å². The first-order valence-electron chi connectivity index (χ1n) is 7.66. The molecule has 122 valence electrons. The Morgan fingerprint density at radius 1 is 1.35 bits per heavy atom. The maximum atomic E-state index is 12.8. The Bertz CT molecular complexity index is 682. The first-order valence-corrected chi connectivity index (χ1v) is 8.65. The number of rotatable bonds is 7. The molecule has 0 unspecified atom stereocenters. The van der Waals surface area contributed by atoms with Gasteiger partial charge in [-0.3, -0.25) is 4.79 Å². The Kier molecular flexibility index (Phi) is 4.95. The quantitative estimate of drug-likeness (QED) is 0.789. The number of carbonyl (C=O) groups is 1. The van der Waals surface area contributed by atoms with E-state index in [9.17, 15) is 9.18 Å². The average molecular weight is 334 g/mol. The highest BCUT2D eigenvalue weighted by molar-refractivity contribution is 7.99. The van der Waals surface area contributed by atoms with Gasteiger partial charge < -0.3 is 9.88 Å². The summed E-state index contributed by atoms with van der Waals surface area (Å²) in [5, 5.41) is 12.0. The van der Waals surface area contributed by atoms with Gasteiger partial charge in [-0.25, -0.2) is 4.39 Å². The van der Waals surface area contributed by atoms with Crippen LogP contribution in [0.15, 0.2) is 29.4 Å². The van der Waals surface area contributed by atoms with Crippen molar-refractivity contribution >= 4 is 17.7 Å². The molecular formula is C16H19FN4OS. The average Bonchev–Trinajstić information content (AvgIpc) is 3.31. The largest absolute Gasteiger partial charge is 0.355 e.